The van der Waals surface area contributed by atoms with Gasteiger partial charge in [-0.3, -0.25) is 0 Å². The lowest BCUT2D eigenvalue weighted by Gasteiger charge is -2.27. The fourth-order valence-corrected chi connectivity index (χ4v) is 3.87. The van der Waals surface area contributed by atoms with E-state index in [0.29, 0.717) is 5.56 Å². The maximum atomic E-state index is 14.4. The SMILES string of the molecule is O=C(N[C@@H](c1ccccc1)[C@@H](OCOCc1ccccc1)C(=O)Oc1c(F)c(F)c(F)c(F)c1F)OCc1ccccc1. The minimum atomic E-state index is -2.43. The molecule has 0 aliphatic rings. The molecule has 4 rings (SSSR count). The number of rotatable bonds is 12. The van der Waals surface area contributed by atoms with Crippen LogP contribution in [-0.4, -0.2) is 25.0 Å². The van der Waals surface area contributed by atoms with E-state index in [1.807, 2.05) is 0 Å². The number of alkyl carbamates (subject to hydrolysis) is 1. The molecule has 0 aliphatic heterocycles. The zero-order valence-electron chi connectivity index (χ0n) is 22.3. The monoisotopic (exact) mass is 601 g/mol. The number of amides is 1. The van der Waals surface area contributed by atoms with Gasteiger partial charge in [-0.05, 0) is 16.7 Å². The van der Waals surface area contributed by atoms with Crippen LogP contribution in [0.5, 0.6) is 5.75 Å². The van der Waals surface area contributed by atoms with E-state index in [0.717, 1.165) is 5.56 Å². The third-order valence-electron chi connectivity index (χ3n) is 5.99. The summed E-state index contributed by atoms with van der Waals surface area (Å²) in [5.41, 5.74) is 1.65. The van der Waals surface area contributed by atoms with Crippen molar-refractivity contribution in [3.63, 3.8) is 0 Å². The van der Waals surface area contributed by atoms with E-state index in [-0.39, 0.29) is 18.8 Å². The van der Waals surface area contributed by atoms with Crippen molar-refractivity contribution in [3.8, 4) is 5.75 Å². The lowest BCUT2D eigenvalue weighted by molar-refractivity contribution is -0.163. The third kappa shape index (κ3) is 8.15. The zero-order chi connectivity index (χ0) is 30.8. The number of carbonyl (C=O) groups excluding carboxylic acids is 2. The van der Waals surface area contributed by atoms with Gasteiger partial charge in [0, 0.05) is 0 Å². The van der Waals surface area contributed by atoms with Crippen molar-refractivity contribution in [2.45, 2.75) is 25.4 Å². The van der Waals surface area contributed by atoms with E-state index in [1.165, 1.54) is 12.1 Å². The Morgan fingerprint density at radius 1 is 0.651 bits per heavy atom. The molecular weight excluding hydrogens is 577 g/mol. The van der Waals surface area contributed by atoms with Gasteiger partial charge in [0.1, 0.15) is 13.4 Å². The van der Waals surface area contributed by atoms with Gasteiger partial charge in [-0.25, -0.2) is 22.8 Å². The molecule has 0 radical (unpaired) electrons. The van der Waals surface area contributed by atoms with Crippen molar-refractivity contribution in [2.75, 3.05) is 6.79 Å². The summed E-state index contributed by atoms with van der Waals surface area (Å²) in [7, 11) is 0. The first-order valence-corrected chi connectivity index (χ1v) is 12.7. The lowest BCUT2D eigenvalue weighted by atomic mass is 10.0. The maximum absolute atomic E-state index is 14.4. The average molecular weight is 602 g/mol. The molecule has 0 unspecified atom stereocenters. The van der Waals surface area contributed by atoms with Crippen molar-refractivity contribution in [1.82, 2.24) is 5.32 Å². The topological polar surface area (TPSA) is 83.1 Å². The van der Waals surface area contributed by atoms with Crippen LogP contribution in [0.4, 0.5) is 26.7 Å². The summed E-state index contributed by atoms with van der Waals surface area (Å²) in [6.45, 7) is -0.715. The molecule has 0 aliphatic carbocycles. The molecule has 7 nitrogen and oxygen atoms in total. The lowest BCUT2D eigenvalue weighted by Crippen LogP contribution is -2.44. The minimum absolute atomic E-state index is 0.0306. The molecule has 43 heavy (non-hydrogen) atoms. The Kier molecular flexibility index (Phi) is 10.8. The Morgan fingerprint density at radius 3 is 1.70 bits per heavy atom. The van der Waals surface area contributed by atoms with Gasteiger partial charge in [0.15, 0.2) is 6.10 Å². The van der Waals surface area contributed by atoms with E-state index in [4.69, 9.17) is 14.2 Å². The van der Waals surface area contributed by atoms with Crippen molar-refractivity contribution >= 4 is 12.1 Å². The molecular formula is C31H24F5NO6. The number of carbonyl (C=O) groups is 2. The molecule has 1 N–H and O–H groups in total. The predicted molar refractivity (Wildman–Crippen MR) is 142 cm³/mol. The van der Waals surface area contributed by atoms with Gasteiger partial charge in [0.25, 0.3) is 0 Å². The summed E-state index contributed by atoms with van der Waals surface area (Å²) in [5.74, 6) is -15.2. The quantitative estimate of drug-likeness (QED) is 0.0379. The third-order valence-corrected chi connectivity index (χ3v) is 5.99. The second kappa shape index (κ2) is 14.9. The van der Waals surface area contributed by atoms with Gasteiger partial charge < -0.3 is 24.3 Å². The highest BCUT2D eigenvalue weighted by Crippen LogP contribution is 2.31. The summed E-state index contributed by atoms with van der Waals surface area (Å²) in [4.78, 5) is 26.1. The Balaban J connectivity index is 1.60. The van der Waals surface area contributed by atoms with Crippen LogP contribution < -0.4 is 10.1 Å². The van der Waals surface area contributed by atoms with Gasteiger partial charge in [-0.1, -0.05) is 91.0 Å². The molecule has 0 bridgehead atoms. The second-order valence-electron chi connectivity index (χ2n) is 8.95. The van der Waals surface area contributed by atoms with E-state index in [2.05, 4.69) is 10.1 Å². The number of hydrogen-bond donors (Lipinski definition) is 1. The number of halogens is 5. The molecule has 0 saturated carbocycles. The summed E-state index contributed by atoms with van der Waals surface area (Å²) in [5, 5.41) is 2.45. The van der Waals surface area contributed by atoms with E-state index >= 15 is 0 Å². The average Bonchev–Trinajstić information content (AvgIpc) is 3.04. The summed E-state index contributed by atoms with van der Waals surface area (Å²) in [6.07, 6.45) is -2.93. The standard InChI is InChI=1S/C31H24F5NO6/c32-22-23(33)25(35)28(26(36)24(22)34)43-30(38)29(42-18-40-16-19-10-4-1-5-11-19)27(21-14-8-3-9-15-21)37-31(39)41-17-20-12-6-2-7-13-20/h1-15,27,29H,16-18H2,(H,37,39)/t27-,29+/m0/s1. The van der Waals surface area contributed by atoms with Crippen molar-refractivity contribution in [1.29, 1.82) is 0 Å². The van der Waals surface area contributed by atoms with Crippen LogP contribution in [0.15, 0.2) is 91.0 Å². The van der Waals surface area contributed by atoms with Crippen LogP contribution in [0.3, 0.4) is 0 Å². The Morgan fingerprint density at radius 2 is 1.14 bits per heavy atom. The van der Waals surface area contributed by atoms with Crippen molar-refractivity contribution in [3.05, 3.63) is 137 Å². The number of esters is 1. The van der Waals surface area contributed by atoms with Crippen LogP contribution in [0.2, 0.25) is 0 Å². The van der Waals surface area contributed by atoms with Crippen LogP contribution in [-0.2, 0) is 32.2 Å². The van der Waals surface area contributed by atoms with Gasteiger partial charge in [-0.2, -0.15) is 8.78 Å². The zero-order valence-corrected chi connectivity index (χ0v) is 22.3. The van der Waals surface area contributed by atoms with Crippen molar-refractivity contribution in [2.24, 2.45) is 0 Å². The first-order chi connectivity index (χ1) is 20.8. The number of hydrogen-bond acceptors (Lipinski definition) is 6. The van der Waals surface area contributed by atoms with Gasteiger partial charge >= 0.3 is 12.1 Å². The highest BCUT2D eigenvalue weighted by molar-refractivity contribution is 5.80. The number of nitrogens with one attached hydrogen (secondary N) is 1. The molecule has 2 atom stereocenters. The number of benzene rings is 4. The first kappa shape index (κ1) is 31.1. The van der Waals surface area contributed by atoms with Crippen LogP contribution in [0.1, 0.15) is 22.7 Å². The molecule has 0 spiro atoms. The molecule has 0 fully saturated rings. The largest absolute Gasteiger partial charge is 0.445 e. The van der Waals surface area contributed by atoms with Crippen LogP contribution >= 0.6 is 0 Å². The minimum Gasteiger partial charge on any atom is -0.445 e. The normalized spacial score (nSPS) is 12.3. The van der Waals surface area contributed by atoms with Gasteiger partial charge in [-0.15, -0.1) is 0 Å². The van der Waals surface area contributed by atoms with Crippen LogP contribution in [0.25, 0.3) is 0 Å². The van der Waals surface area contributed by atoms with Crippen LogP contribution in [0, 0.1) is 29.1 Å². The first-order valence-electron chi connectivity index (χ1n) is 12.7. The van der Waals surface area contributed by atoms with E-state index < -0.39 is 65.8 Å². The van der Waals surface area contributed by atoms with Gasteiger partial charge in [0.2, 0.25) is 34.8 Å². The smallest absolute Gasteiger partial charge is 0.408 e. The summed E-state index contributed by atoms with van der Waals surface area (Å²) < 4.78 is 90.8. The second-order valence-corrected chi connectivity index (χ2v) is 8.95. The van der Waals surface area contributed by atoms with E-state index in [9.17, 15) is 31.5 Å². The van der Waals surface area contributed by atoms with Gasteiger partial charge in [0.05, 0.1) is 12.6 Å². The highest BCUT2D eigenvalue weighted by Gasteiger charge is 2.37. The fourth-order valence-electron chi connectivity index (χ4n) is 3.87. The molecule has 12 heteroatoms. The van der Waals surface area contributed by atoms with E-state index in [1.54, 1.807) is 78.9 Å². The predicted octanol–water partition coefficient (Wildman–Crippen LogP) is 6.51. The maximum Gasteiger partial charge on any atom is 0.408 e. The molecule has 0 saturated heterocycles. The molecule has 224 valence electrons. The molecule has 4 aromatic rings. The molecule has 4 aromatic carbocycles. The number of ether oxygens (including phenoxy) is 4. The van der Waals surface area contributed by atoms with Crippen molar-refractivity contribution < 1.29 is 50.5 Å². The Hall–Kier alpha value is -4.81. The molecule has 0 heterocycles. The highest BCUT2D eigenvalue weighted by atomic mass is 19.2. The molecule has 0 aromatic heterocycles. The molecule has 1 amide bonds. The summed E-state index contributed by atoms with van der Waals surface area (Å²) >= 11 is 0. The Bertz CT molecular complexity index is 1500. The fraction of sp³-hybridized carbons (Fsp3) is 0.161. The summed E-state index contributed by atoms with van der Waals surface area (Å²) in [6, 6.07) is 23.8. The Labute approximate surface area is 242 Å².